The van der Waals surface area contributed by atoms with Crippen molar-refractivity contribution in [2.45, 2.75) is 45.3 Å². The Bertz CT molecular complexity index is 130. The van der Waals surface area contributed by atoms with Crippen LogP contribution in [0, 0.1) is 0 Å². The Morgan fingerprint density at radius 2 is 1.87 bits per heavy atom. The predicted octanol–water partition coefficient (Wildman–Crippen LogP) is 0.951. The summed E-state index contributed by atoms with van der Waals surface area (Å²) in [4.78, 5) is 0. The number of aliphatic hydroxyl groups excluding tert-OH is 2. The maximum Gasteiger partial charge on any atom is 0.109 e. The normalized spacial score (nSPS) is 15.2. The molecule has 0 saturated carbocycles. The average Bonchev–Trinajstić information content (AvgIpc) is 2.25. The Kier molecular flexibility index (Phi) is 10.3. The van der Waals surface area contributed by atoms with Crippen molar-refractivity contribution >= 4 is 0 Å². The lowest BCUT2D eigenvalue weighted by molar-refractivity contribution is -0.0905. The highest BCUT2D eigenvalue weighted by atomic mass is 16.5. The van der Waals surface area contributed by atoms with Crippen molar-refractivity contribution in [1.82, 2.24) is 0 Å². The van der Waals surface area contributed by atoms with Gasteiger partial charge < -0.3 is 19.7 Å². The number of rotatable bonds is 10. The van der Waals surface area contributed by atoms with Crippen molar-refractivity contribution in [3.63, 3.8) is 0 Å². The van der Waals surface area contributed by atoms with Crippen LogP contribution in [0.5, 0.6) is 0 Å². The van der Waals surface area contributed by atoms with E-state index in [0.29, 0.717) is 13.2 Å². The number of aliphatic hydroxyl groups is 2. The minimum atomic E-state index is -0.738. The lowest BCUT2D eigenvalue weighted by Crippen LogP contribution is -2.36. The molecule has 0 spiro atoms. The fourth-order valence-corrected chi connectivity index (χ4v) is 1.11. The number of ether oxygens (including phenoxy) is 2. The third kappa shape index (κ3) is 7.73. The van der Waals surface area contributed by atoms with Crippen LogP contribution in [0.3, 0.4) is 0 Å². The van der Waals surface area contributed by atoms with Gasteiger partial charge >= 0.3 is 0 Å². The van der Waals surface area contributed by atoms with Crippen LogP contribution in [0.2, 0.25) is 0 Å². The maximum absolute atomic E-state index is 9.62. The van der Waals surface area contributed by atoms with Gasteiger partial charge in [0.2, 0.25) is 0 Å². The van der Waals surface area contributed by atoms with Crippen molar-refractivity contribution in [2.24, 2.45) is 0 Å². The summed E-state index contributed by atoms with van der Waals surface area (Å²) in [7, 11) is 0. The van der Waals surface area contributed by atoms with Gasteiger partial charge in [0.05, 0.1) is 13.2 Å². The molecule has 15 heavy (non-hydrogen) atoms. The Morgan fingerprint density at radius 3 is 2.40 bits per heavy atom. The van der Waals surface area contributed by atoms with Gasteiger partial charge in [0.25, 0.3) is 0 Å². The molecule has 0 aromatic heterocycles. The summed E-state index contributed by atoms with van der Waals surface area (Å²) in [5.41, 5.74) is 0. The molecule has 4 nitrogen and oxygen atoms in total. The highest BCUT2D eigenvalue weighted by Crippen LogP contribution is 2.01. The van der Waals surface area contributed by atoms with E-state index in [0.717, 1.165) is 19.3 Å². The van der Waals surface area contributed by atoms with Gasteiger partial charge in [-0.2, -0.15) is 0 Å². The number of unbranched alkanes of at least 4 members (excludes halogenated alkanes) is 1. The average molecular weight is 220 g/mol. The van der Waals surface area contributed by atoms with E-state index in [9.17, 15) is 5.11 Å². The molecule has 0 bridgehead atoms. The fraction of sp³-hybridized carbons (Fsp3) is 1.00. The summed E-state index contributed by atoms with van der Waals surface area (Å²) >= 11 is 0. The van der Waals surface area contributed by atoms with Crippen LogP contribution in [-0.4, -0.2) is 48.8 Å². The summed E-state index contributed by atoms with van der Waals surface area (Å²) < 4.78 is 10.5. The quantitative estimate of drug-likeness (QED) is 0.538. The summed E-state index contributed by atoms with van der Waals surface area (Å²) in [6.45, 7) is 5.34. The van der Waals surface area contributed by atoms with Crippen LogP contribution in [0.1, 0.15) is 33.1 Å². The molecule has 0 aliphatic carbocycles. The van der Waals surface area contributed by atoms with Crippen molar-refractivity contribution in [2.75, 3.05) is 26.4 Å². The van der Waals surface area contributed by atoms with Crippen molar-refractivity contribution in [3.8, 4) is 0 Å². The largest absolute Gasteiger partial charge is 0.394 e. The van der Waals surface area contributed by atoms with Gasteiger partial charge in [0, 0.05) is 13.2 Å². The molecule has 0 aliphatic heterocycles. The fourth-order valence-electron chi connectivity index (χ4n) is 1.11. The molecule has 0 fully saturated rings. The molecule has 0 rings (SSSR count). The van der Waals surface area contributed by atoms with Gasteiger partial charge in [0.1, 0.15) is 12.2 Å². The summed E-state index contributed by atoms with van der Waals surface area (Å²) in [5, 5.41) is 18.6. The van der Waals surface area contributed by atoms with E-state index in [-0.39, 0.29) is 13.2 Å². The number of hydrogen-bond acceptors (Lipinski definition) is 4. The van der Waals surface area contributed by atoms with Gasteiger partial charge in [-0.05, 0) is 12.8 Å². The van der Waals surface area contributed by atoms with Gasteiger partial charge in [0.15, 0.2) is 0 Å². The second-order valence-corrected chi connectivity index (χ2v) is 3.59. The van der Waals surface area contributed by atoms with E-state index in [1.807, 2.05) is 6.92 Å². The molecule has 92 valence electrons. The summed E-state index contributed by atoms with van der Waals surface area (Å²) in [6, 6.07) is 0. The second-order valence-electron chi connectivity index (χ2n) is 3.59. The molecular formula is C11H24O4. The number of hydrogen-bond donors (Lipinski definition) is 2. The third-order valence-corrected chi connectivity index (χ3v) is 2.08. The lowest BCUT2D eigenvalue weighted by atomic mass is 10.2. The Morgan fingerprint density at radius 1 is 1.13 bits per heavy atom. The van der Waals surface area contributed by atoms with Crippen LogP contribution < -0.4 is 0 Å². The Hall–Kier alpha value is -0.160. The van der Waals surface area contributed by atoms with Crippen LogP contribution in [0.4, 0.5) is 0 Å². The van der Waals surface area contributed by atoms with E-state index < -0.39 is 12.2 Å². The first-order chi connectivity index (χ1) is 7.26. The smallest absolute Gasteiger partial charge is 0.109 e. The van der Waals surface area contributed by atoms with Gasteiger partial charge in [-0.3, -0.25) is 0 Å². The van der Waals surface area contributed by atoms with Crippen molar-refractivity contribution in [3.05, 3.63) is 0 Å². The molecular weight excluding hydrogens is 196 g/mol. The first-order valence-corrected chi connectivity index (χ1v) is 5.74. The van der Waals surface area contributed by atoms with E-state index in [4.69, 9.17) is 14.6 Å². The third-order valence-electron chi connectivity index (χ3n) is 2.08. The van der Waals surface area contributed by atoms with E-state index >= 15 is 0 Å². The Labute approximate surface area is 92.2 Å². The van der Waals surface area contributed by atoms with Gasteiger partial charge in [-0.1, -0.05) is 20.3 Å². The second kappa shape index (κ2) is 10.4. The molecule has 0 aromatic carbocycles. The molecule has 0 heterocycles. The molecule has 2 N–H and O–H groups in total. The molecule has 2 unspecified atom stereocenters. The molecule has 0 aromatic rings. The molecule has 2 atom stereocenters. The zero-order chi connectivity index (χ0) is 11.5. The Balaban J connectivity index is 3.58. The lowest BCUT2D eigenvalue weighted by Gasteiger charge is -2.21. The van der Waals surface area contributed by atoms with E-state index in [2.05, 4.69) is 6.92 Å². The predicted molar refractivity (Wildman–Crippen MR) is 58.9 cm³/mol. The standard InChI is InChI=1S/C11H24O4/c1-3-5-7-14-9-10(13)11(8-12)15-6-4-2/h10-13H,3-9H2,1-2H3. The molecule has 0 aliphatic rings. The molecule has 0 amide bonds. The SMILES string of the molecule is CCCCOCC(O)C(CO)OCCC. The molecule has 0 saturated heterocycles. The first-order valence-electron chi connectivity index (χ1n) is 5.74. The van der Waals surface area contributed by atoms with Crippen LogP contribution in [0.25, 0.3) is 0 Å². The van der Waals surface area contributed by atoms with Crippen LogP contribution in [-0.2, 0) is 9.47 Å². The van der Waals surface area contributed by atoms with E-state index in [1.54, 1.807) is 0 Å². The van der Waals surface area contributed by atoms with Gasteiger partial charge in [-0.25, -0.2) is 0 Å². The zero-order valence-electron chi connectivity index (χ0n) is 9.82. The summed E-state index contributed by atoms with van der Waals surface area (Å²) in [6.07, 6.45) is 1.68. The van der Waals surface area contributed by atoms with E-state index in [1.165, 1.54) is 0 Å². The maximum atomic E-state index is 9.62. The minimum Gasteiger partial charge on any atom is -0.394 e. The monoisotopic (exact) mass is 220 g/mol. The molecule has 0 radical (unpaired) electrons. The topological polar surface area (TPSA) is 58.9 Å². The molecule has 4 heteroatoms. The highest BCUT2D eigenvalue weighted by Gasteiger charge is 2.18. The van der Waals surface area contributed by atoms with Crippen molar-refractivity contribution < 1.29 is 19.7 Å². The zero-order valence-corrected chi connectivity index (χ0v) is 9.82. The van der Waals surface area contributed by atoms with Crippen LogP contribution in [0.15, 0.2) is 0 Å². The minimum absolute atomic E-state index is 0.168. The van der Waals surface area contributed by atoms with Crippen LogP contribution >= 0.6 is 0 Å². The summed E-state index contributed by atoms with van der Waals surface area (Å²) in [5.74, 6) is 0. The van der Waals surface area contributed by atoms with Crippen molar-refractivity contribution in [1.29, 1.82) is 0 Å². The van der Waals surface area contributed by atoms with Gasteiger partial charge in [-0.15, -0.1) is 0 Å². The highest BCUT2D eigenvalue weighted by molar-refractivity contribution is 4.67. The first kappa shape index (κ1) is 14.8.